The van der Waals surface area contributed by atoms with E-state index in [9.17, 15) is 9.59 Å². The summed E-state index contributed by atoms with van der Waals surface area (Å²) in [7, 11) is 0. The molecule has 2 aromatic rings. The summed E-state index contributed by atoms with van der Waals surface area (Å²) in [5, 5.41) is 2.95. The van der Waals surface area contributed by atoms with Crippen LogP contribution in [0.5, 0.6) is 0 Å². The molecule has 154 valence electrons. The van der Waals surface area contributed by atoms with Gasteiger partial charge in [0.15, 0.2) is 0 Å². The average Bonchev–Trinajstić information content (AvgIpc) is 3.19. The number of hydrogen-bond donors (Lipinski definition) is 1. The van der Waals surface area contributed by atoms with Crippen LogP contribution in [0.3, 0.4) is 0 Å². The fourth-order valence-corrected chi connectivity index (χ4v) is 3.39. The van der Waals surface area contributed by atoms with Gasteiger partial charge in [-0.05, 0) is 55.3 Å². The van der Waals surface area contributed by atoms with Gasteiger partial charge in [0.1, 0.15) is 6.61 Å². The minimum atomic E-state index is -0.327. The van der Waals surface area contributed by atoms with E-state index >= 15 is 0 Å². The molecule has 3 rings (SSSR count). The van der Waals surface area contributed by atoms with E-state index in [1.54, 1.807) is 4.90 Å². The maximum absolute atomic E-state index is 12.5. The maximum atomic E-state index is 12.5. The Kier molecular flexibility index (Phi) is 7.11. The third kappa shape index (κ3) is 5.28. The second-order valence-corrected chi connectivity index (χ2v) is 7.10. The van der Waals surface area contributed by atoms with Gasteiger partial charge in [0, 0.05) is 36.6 Å². The molecule has 2 aromatic carbocycles. The Hall–Kier alpha value is -3.02. The number of anilines is 2. The summed E-state index contributed by atoms with van der Waals surface area (Å²) in [6, 6.07) is 15.3. The second kappa shape index (κ2) is 9.96. The van der Waals surface area contributed by atoms with E-state index in [1.165, 1.54) is 0 Å². The van der Waals surface area contributed by atoms with Crippen LogP contribution in [0.4, 0.5) is 16.2 Å². The first kappa shape index (κ1) is 20.7. The fraction of sp³-hybridized carbons (Fsp3) is 0.391. The number of ether oxygens (including phenoxy) is 1. The van der Waals surface area contributed by atoms with Crippen molar-refractivity contribution in [2.45, 2.75) is 33.2 Å². The van der Waals surface area contributed by atoms with Crippen LogP contribution in [0, 0.1) is 0 Å². The number of nitrogens with one attached hydrogen (secondary N) is 1. The van der Waals surface area contributed by atoms with E-state index in [4.69, 9.17) is 4.74 Å². The molecule has 0 aromatic heterocycles. The molecule has 0 aliphatic carbocycles. The highest BCUT2D eigenvalue weighted by molar-refractivity contribution is 5.94. The first-order valence-electron chi connectivity index (χ1n) is 10.3. The summed E-state index contributed by atoms with van der Waals surface area (Å²) in [6.07, 6.45) is 1.99. The van der Waals surface area contributed by atoms with Crippen LogP contribution in [0.1, 0.15) is 42.6 Å². The summed E-state index contributed by atoms with van der Waals surface area (Å²) < 4.78 is 4.99. The lowest BCUT2D eigenvalue weighted by molar-refractivity contribution is 0.0951. The van der Waals surface area contributed by atoms with E-state index < -0.39 is 0 Å². The predicted molar refractivity (Wildman–Crippen MR) is 116 cm³/mol. The van der Waals surface area contributed by atoms with E-state index in [-0.39, 0.29) is 12.0 Å². The van der Waals surface area contributed by atoms with Gasteiger partial charge in [0.2, 0.25) is 0 Å². The quantitative estimate of drug-likeness (QED) is 0.691. The molecule has 0 bridgehead atoms. The molecule has 6 nitrogen and oxygen atoms in total. The lowest BCUT2D eigenvalue weighted by Gasteiger charge is -2.23. The molecule has 0 atom stereocenters. The zero-order valence-electron chi connectivity index (χ0n) is 17.2. The highest BCUT2D eigenvalue weighted by Gasteiger charge is 2.23. The minimum Gasteiger partial charge on any atom is -0.447 e. The van der Waals surface area contributed by atoms with Crippen LogP contribution in [0.25, 0.3) is 0 Å². The lowest BCUT2D eigenvalue weighted by Crippen LogP contribution is -2.25. The number of rotatable bonds is 9. The Labute approximate surface area is 172 Å². The Morgan fingerprint density at radius 3 is 2.62 bits per heavy atom. The Bertz CT molecular complexity index is 836. The average molecular weight is 396 g/mol. The lowest BCUT2D eigenvalue weighted by atomic mass is 10.1. The SMILES string of the molecule is CCCCN(CC)c1ccc(C(=O)NCc2cccc(N3CCOC3=O)c2)cc1. The molecule has 6 heteroatoms. The van der Waals surface area contributed by atoms with Gasteiger partial charge < -0.3 is 15.0 Å². The molecule has 29 heavy (non-hydrogen) atoms. The van der Waals surface area contributed by atoms with Crippen LogP contribution < -0.4 is 15.1 Å². The molecule has 1 aliphatic heterocycles. The molecule has 1 fully saturated rings. The number of carbonyl (C=O) groups is 2. The third-order valence-corrected chi connectivity index (χ3v) is 5.09. The molecule has 0 unspecified atom stereocenters. The van der Waals surface area contributed by atoms with Gasteiger partial charge in [0.25, 0.3) is 5.91 Å². The number of amides is 2. The molecule has 0 saturated carbocycles. The number of carbonyl (C=O) groups excluding carboxylic acids is 2. The summed E-state index contributed by atoms with van der Waals surface area (Å²) >= 11 is 0. The van der Waals surface area contributed by atoms with Gasteiger partial charge in [-0.3, -0.25) is 9.69 Å². The van der Waals surface area contributed by atoms with Crippen LogP contribution in [-0.2, 0) is 11.3 Å². The predicted octanol–water partition coefficient (Wildman–Crippen LogP) is 4.20. The molecule has 0 radical (unpaired) electrons. The monoisotopic (exact) mass is 395 g/mol. The van der Waals surface area contributed by atoms with Crippen LogP contribution in [0.15, 0.2) is 48.5 Å². The van der Waals surface area contributed by atoms with Crippen molar-refractivity contribution in [2.75, 3.05) is 36.0 Å². The molecule has 1 heterocycles. The highest BCUT2D eigenvalue weighted by atomic mass is 16.6. The van der Waals surface area contributed by atoms with Crippen LogP contribution in [-0.4, -0.2) is 38.2 Å². The number of hydrogen-bond acceptors (Lipinski definition) is 4. The summed E-state index contributed by atoms with van der Waals surface area (Å²) in [5.41, 5.74) is 3.50. The van der Waals surface area contributed by atoms with Crippen molar-refractivity contribution in [2.24, 2.45) is 0 Å². The van der Waals surface area contributed by atoms with Gasteiger partial charge in [-0.15, -0.1) is 0 Å². The van der Waals surface area contributed by atoms with Crippen molar-refractivity contribution in [1.29, 1.82) is 0 Å². The van der Waals surface area contributed by atoms with Gasteiger partial charge >= 0.3 is 6.09 Å². The maximum Gasteiger partial charge on any atom is 0.414 e. The molecular weight excluding hydrogens is 366 g/mol. The molecule has 1 saturated heterocycles. The van der Waals surface area contributed by atoms with Crippen molar-refractivity contribution >= 4 is 23.4 Å². The standard InChI is InChI=1S/C23H29N3O3/c1-3-5-13-25(4-2)20-11-9-19(10-12-20)22(27)24-17-18-7-6-8-21(16-18)26-14-15-29-23(26)28/h6-12,16H,3-5,13-15,17H2,1-2H3,(H,24,27). The smallest absolute Gasteiger partial charge is 0.414 e. The topological polar surface area (TPSA) is 61.9 Å². The summed E-state index contributed by atoms with van der Waals surface area (Å²) in [5.74, 6) is -0.112. The minimum absolute atomic E-state index is 0.112. The first-order valence-corrected chi connectivity index (χ1v) is 10.3. The van der Waals surface area contributed by atoms with Crippen molar-refractivity contribution in [3.05, 3.63) is 59.7 Å². The highest BCUT2D eigenvalue weighted by Crippen LogP contribution is 2.20. The van der Waals surface area contributed by atoms with Gasteiger partial charge in [-0.1, -0.05) is 25.5 Å². The van der Waals surface area contributed by atoms with E-state index in [1.807, 2.05) is 48.5 Å². The molecule has 2 amide bonds. The molecule has 1 aliphatic rings. The molecular formula is C23H29N3O3. The van der Waals surface area contributed by atoms with Gasteiger partial charge in [-0.2, -0.15) is 0 Å². The van der Waals surface area contributed by atoms with Crippen molar-refractivity contribution < 1.29 is 14.3 Å². The number of benzene rings is 2. The molecule has 1 N–H and O–H groups in total. The van der Waals surface area contributed by atoms with Crippen molar-refractivity contribution in [3.63, 3.8) is 0 Å². The number of unbranched alkanes of at least 4 members (excludes halogenated alkanes) is 1. The first-order chi connectivity index (χ1) is 14.1. The number of nitrogens with zero attached hydrogens (tertiary/aromatic N) is 2. The summed E-state index contributed by atoms with van der Waals surface area (Å²) in [6.45, 7) is 7.67. The normalized spacial score (nSPS) is 13.3. The largest absolute Gasteiger partial charge is 0.447 e. The Morgan fingerprint density at radius 2 is 1.97 bits per heavy atom. The van der Waals surface area contributed by atoms with Crippen molar-refractivity contribution in [3.8, 4) is 0 Å². The molecule has 0 spiro atoms. The fourth-order valence-electron chi connectivity index (χ4n) is 3.39. The van der Waals surface area contributed by atoms with E-state index in [0.717, 1.165) is 42.9 Å². The van der Waals surface area contributed by atoms with Crippen molar-refractivity contribution in [1.82, 2.24) is 5.32 Å². The zero-order chi connectivity index (χ0) is 20.6. The summed E-state index contributed by atoms with van der Waals surface area (Å²) in [4.78, 5) is 28.2. The van der Waals surface area contributed by atoms with Crippen LogP contribution in [0.2, 0.25) is 0 Å². The van der Waals surface area contributed by atoms with Gasteiger partial charge in [-0.25, -0.2) is 4.79 Å². The van der Waals surface area contributed by atoms with Gasteiger partial charge in [0.05, 0.1) is 6.54 Å². The Morgan fingerprint density at radius 1 is 1.17 bits per heavy atom. The second-order valence-electron chi connectivity index (χ2n) is 7.10. The van der Waals surface area contributed by atoms with E-state index in [2.05, 4.69) is 24.1 Å². The number of cyclic esters (lactones) is 1. The van der Waals surface area contributed by atoms with E-state index in [0.29, 0.717) is 25.3 Å². The zero-order valence-corrected chi connectivity index (χ0v) is 17.2. The van der Waals surface area contributed by atoms with Crippen LogP contribution >= 0.6 is 0 Å². The Balaban J connectivity index is 1.59. The third-order valence-electron chi connectivity index (χ3n) is 5.09.